The maximum atomic E-state index is 14.6. The molecule has 41 heteroatoms. The van der Waals surface area contributed by atoms with Crippen molar-refractivity contribution in [3.8, 4) is 0 Å². The Hall–Kier alpha value is -9.41. The number of hydrogen-bond donors (Lipinski definition) is 25. The smallest absolute Gasteiger partial charge is 0.326 e. The summed E-state index contributed by atoms with van der Waals surface area (Å²) in [6.45, 7) is 0.122. The molecule has 0 bridgehead atoms. The summed E-state index contributed by atoms with van der Waals surface area (Å²) in [6, 6.07) is -13.0. The summed E-state index contributed by atoms with van der Waals surface area (Å²) in [5, 5.41) is 30.4. The molecule has 0 aromatic heterocycles. The number of nitrogens with two attached hydrogens (primary N) is 15. The zero-order valence-electron chi connectivity index (χ0n) is 51.2. The molecule has 39 N–H and O–H groups in total. The first-order chi connectivity index (χ1) is 42.9. The molecule has 9 atom stereocenters. The number of aliphatic carboxylic acids is 1. The van der Waals surface area contributed by atoms with Gasteiger partial charge in [0.1, 0.15) is 48.3 Å². The third kappa shape index (κ3) is 39.3. The van der Waals surface area contributed by atoms with Crippen molar-refractivity contribution < 1.29 is 53.1 Å². The number of nitrogens with zero attached hydrogens (tertiary/aromatic N) is 6. The zero-order chi connectivity index (χ0) is 69.0. The van der Waals surface area contributed by atoms with Crippen LogP contribution in [0.1, 0.15) is 109 Å². The van der Waals surface area contributed by atoms with Gasteiger partial charge in [0.05, 0.1) is 6.04 Å². The molecule has 0 saturated carbocycles. The number of amides is 9. The van der Waals surface area contributed by atoms with Gasteiger partial charge in [-0.3, -0.25) is 73.1 Å². The fourth-order valence-corrected chi connectivity index (χ4v) is 8.37. The molecule has 40 nitrogen and oxygen atoms in total. The molecule has 0 fully saturated rings. The Morgan fingerprint density at radius 3 is 0.736 bits per heavy atom. The number of primary amides is 1. The van der Waals surface area contributed by atoms with Gasteiger partial charge in [0.2, 0.25) is 53.2 Å². The van der Waals surface area contributed by atoms with Gasteiger partial charge in [-0.2, -0.15) is 12.6 Å². The number of nitrogens with one attached hydrogen (secondary N) is 8. The summed E-state index contributed by atoms with van der Waals surface area (Å²) in [7, 11) is 0. The van der Waals surface area contributed by atoms with Crippen LogP contribution < -0.4 is 129 Å². The number of carboxylic acid groups (broad SMARTS) is 1. The number of thiol groups is 1. The summed E-state index contributed by atoms with van der Waals surface area (Å²) >= 11 is 4.06. The van der Waals surface area contributed by atoms with Gasteiger partial charge < -0.3 is 134 Å². The number of aliphatic imine (C=N–C) groups is 6. The van der Waals surface area contributed by atoms with E-state index in [1.54, 1.807) is 0 Å². The maximum absolute atomic E-state index is 14.6. The molecule has 0 radical (unpaired) electrons. The Labute approximate surface area is 532 Å². The van der Waals surface area contributed by atoms with Crippen molar-refractivity contribution in [3.05, 3.63) is 0 Å². The van der Waals surface area contributed by atoms with Crippen molar-refractivity contribution in [2.45, 2.75) is 164 Å². The van der Waals surface area contributed by atoms with E-state index in [4.69, 9.17) is 86.0 Å². The molecule has 0 unspecified atom stereocenters. The fourth-order valence-electron chi connectivity index (χ4n) is 8.21. The van der Waals surface area contributed by atoms with Crippen LogP contribution in [0.25, 0.3) is 0 Å². The normalized spacial score (nSPS) is 13.7. The monoisotopic (exact) mass is 1310 g/mol. The SMILES string of the molecule is NCCCC[C@H](NC(=O)[C@H](CCCN=C(N)N)NC(=O)[C@@H](N)CS)C(=O)N[C@@H](CCCN=C(N)N)C(=O)N[C@@H](CCCN=C(N)N)C(=O)N[C@@H](CCC(N)=O)C(=O)N[C@@H](CCCN=C(N)N)C(=O)N[C@@H](CCCN=C(N)N)C(=O)N[C@@H](CCCN=C(N)N)C(=O)O. The van der Waals surface area contributed by atoms with Crippen molar-refractivity contribution in [2.24, 2.45) is 116 Å². The zero-order valence-corrected chi connectivity index (χ0v) is 52.1. The average Bonchev–Trinajstić information content (AvgIpc) is 1.86. The second-order valence-electron chi connectivity index (χ2n) is 20.6. The van der Waals surface area contributed by atoms with Gasteiger partial charge in [-0.15, -0.1) is 0 Å². The van der Waals surface area contributed by atoms with E-state index in [1.807, 2.05) is 0 Å². The number of carboxylic acids is 1. The summed E-state index contributed by atoms with van der Waals surface area (Å²) in [5.74, 6) is -11.4. The highest BCUT2D eigenvalue weighted by Gasteiger charge is 2.35. The summed E-state index contributed by atoms with van der Waals surface area (Å²) < 4.78 is 0. The van der Waals surface area contributed by atoms with Crippen LogP contribution in [0.5, 0.6) is 0 Å². The van der Waals surface area contributed by atoms with E-state index in [9.17, 15) is 53.1 Å². The Morgan fingerprint density at radius 2 is 0.527 bits per heavy atom. The average molecular weight is 1310 g/mol. The van der Waals surface area contributed by atoms with Gasteiger partial charge in [-0.25, -0.2) is 4.79 Å². The van der Waals surface area contributed by atoms with E-state index in [2.05, 4.69) is 85.1 Å². The Morgan fingerprint density at radius 1 is 0.319 bits per heavy atom. The van der Waals surface area contributed by atoms with Crippen LogP contribution in [0, 0.1) is 0 Å². The van der Waals surface area contributed by atoms with Gasteiger partial charge >= 0.3 is 5.97 Å². The van der Waals surface area contributed by atoms with E-state index in [0.29, 0.717) is 12.8 Å². The van der Waals surface area contributed by atoms with E-state index in [1.165, 1.54) is 0 Å². The molecule has 516 valence electrons. The minimum atomic E-state index is -1.69. The van der Waals surface area contributed by atoms with Gasteiger partial charge in [0.15, 0.2) is 35.8 Å². The summed E-state index contributed by atoms with van der Waals surface area (Å²) in [5.41, 5.74) is 83.0. The van der Waals surface area contributed by atoms with Gasteiger partial charge in [0.25, 0.3) is 0 Å². The predicted molar refractivity (Wildman–Crippen MR) is 346 cm³/mol. The Balaban J connectivity index is 7.48. The van der Waals surface area contributed by atoms with Crippen LogP contribution in [0.4, 0.5) is 0 Å². The van der Waals surface area contributed by atoms with Crippen LogP contribution in [0.15, 0.2) is 30.0 Å². The van der Waals surface area contributed by atoms with Crippen molar-refractivity contribution in [1.82, 2.24) is 42.5 Å². The van der Waals surface area contributed by atoms with Crippen molar-refractivity contribution in [3.63, 3.8) is 0 Å². The third-order valence-corrected chi connectivity index (χ3v) is 13.3. The lowest BCUT2D eigenvalue weighted by Crippen LogP contribution is -2.60. The van der Waals surface area contributed by atoms with Crippen LogP contribution in [0.2, 0.25) is 0 Å². The minimum absolute atomic E-state index is 0.0112. The molecule has 91 heavy (non-hydrogen) atoms. The molecule has 0 aromatic rings. The highest BCUT2D eigenvalue weighted by molar-refractivity contribution is 7.80. The molecule has 0 aliphatic heterocycles. The van der Waals surface area contributed by atoms with E-state index in [0.717, 1.165) is 0 Å². The Bertz CT molecular complexity index is 2510. The number of hydrogen-bond acceptors (Lipinski definition) is 19. The van der Waals surface area contributed by atoms with Crippen LogP contribution in [-0.4, -0.2) is 206 Å². The second-order valence-corrected chi connectivity index (χ2v) is 21.0. The van der Waals surface area contributed by atoms with Crippen LogP contribution >= 0.6 is 12.6 Å². The van der Waals surface area contributed by atoms with Gasteiger partial charge in [0, 0.05) is 51.4 Å². The molecule has 0 aliphatic rings. The van der Waals surface area contributed by atoms with Gasteiger partial charge in [-0.05, 0) is 109 Å². The summed E-state index contributed by atoms with van der Waals surface area (Å²) in [6.07, 6.45) is -0.768. The first kappa shape index (κ1) is 81.6. The molecule has 0 aromatic carbocycles. The quantitative estimate of drug-likeness (QED) is 0.0116. The summed E-state index contributed by atoms with van der Waals surface area (Å²) in [4.78, 5) is 161. The van der Waals surface area contributed by atoms with E-state index < -0.39 is 126 Å². The highest BCUT2D eigenvalue weighted by atomic mass is 32.1. The molecule has 0 saturated heterocycles. The molecule has 0 aliphatic carbocycles. The Kier molecular flexibility index (Phi) is 41.8. The van der Waals surface area contributed by atoms with E-state index in [-0.39, 0.29) is 171 Å². The fraction of sp³-hybridized carbons (Fsp3) is 0.680. The topological polar surface area (TPSA) is 752 Å². The number of unbranched alkanes of at least 4 members (excludes halogenated alkanes) is 1. The minimum Gasteiger partial charge on any atom is -0.480 e. The molecule has 0 spiro atoms. The lowest BCUT2D eigenvalue weighted by molar-refractivity contribution is -0.142. The molecule has 0 rings (SSSR count). The maximum Gasteiger partial charge on any atom is 0.326 e. The largest absolute Gasteiger partial charge is 0.480 e. The standard InChI is InChI=1S/C50H99N29O11S/c51-18-2-1-9-27(73-38(83)28(10-3-19-66-45(54)55)72-36(81)26(52)25-91)37(82)74-29(11-4-20-67-46(56)57)39(84)75-31(13-6-22-69-48(60)61)41(86)78-33(16-17-35(53)80)43(88)77-30(12-5-21-68-47(58)59)40(85)76-32(14-7-23-70-49(62)63)42(87)79-34(44(89)90)15-8-24-71-50(64)65/h26-34,91H,1-25,51-52H2,(H2,53,80)(H,72,81)(H,73,83)(H,74,82)(H,75,84)(H,76,85)(H,77,88)(H,78,86)(H,79,87)(H,89,90)(H4,54,55,66)(H4,56,57,67)(H4,58,59,68)(H4,60,61,69)(H4,62,63,70)(H4,64,65,71)/t26-,27-,28-,29-,30-,31-,32-,33-,34-/m0/s1. The van der Waals surface area contributed by atoms with Crippen LogP contribution in [0.3, 0.4) is 0 Å². The van der Waals surface area contributed by atoms with Crippen molar-refractivity contribution in [1.29, 1.82) is 0 Å². The van der Waals surface area contributed by atoms with Crippen LogP contribution in [-0.2, 0) is 47.9 Å². The third-order valence-electron chi connectivity index (χ3n) is 12.9. The number of carbonyl (C=O) groups excluding carboxylic acids is 9. The van der Waals surface area contributed by atoms with Crippen molar-refractivity contribution >= 4 is 108 Å². The number of guanidine groups is 6. The van der Waals surface area contributed by atoms with E-state index >= 15 is 0 Å². The van der Waals surface area contributed by atoms with Crippen molar-refractivity contribution in [2.75, 3.05) is 51.6 Å². The lowest BCUT2D eigenvalue weighted by Gasteiger charge is -2.28. The molecular formula is C50H99N29O11S. The number of carbonyl (C=O) groups is 10. The highest BCUT2D eigenvalue weighted by Crippen LogP contribution is 2.12. The molecule has 0 heterocycles. The molecular weight excluding hydrogens is 1210 g/mol. The first-order valence-corrected chi connectivity index (χ1v) is 29.9. The van der Waals surface area contributed by atoms with Gasteiger partial charge in [-0.1, -0.05) is 0 Å². The first-order valence-electron chi connectivity index (χ1n) is 29.2. The lowest BCUT2D eigenvalue weighted by atomic mass is 10.0. The second kappa shape index (κ2) is 46.7. The number of rotatable bonds is 49. The predicted octanol–water partition coefficient (Wildman–Crippen LogP) is -11.1. The molecule has 9 amide bonds.